The molecule has 0 aromatic heterocycles. The molecule has 6 nitrogen and oxygen atoms in total. The molecule has 3 aromatic rings. The number of aliphatic hydroxyl groups is 1. The minimum atomic E-state index is -1.36. The quantitative estimate of drug-likeness (QED) is 0.195. The fourth-order valence-corrected chi connectivity index (χ4v) is 4.98. The van der Waals surface area contributed by atoms with Crippen LogP contribution in [0, 0.1) is 0 Å². The number of hydrogen-bond donors (Lipinski definition) is 2. The van der Waals surface area contributed by atoms with Crippen molar-refractivity contribution < 1.29 is 19.4 Å². The van der Waals surface area contributed by atoms with Crippen LogP contribution in [0.25, 0.3) is 0 Å². The lowest BCUT2D eigenvalue weighted by Crippen LogP contribution is -2.50. The molecule has 3 aromatic carbocycles. The SMILES string of the molecule is C=CCNC(=O)[C@]1(Cc2ccc(Br)cc2)N=C(c2ccc(OCCCO)cc2)O[C@@H]1c1ccc(Cl)cc1Cl. The summed E-state index contributed by atoms with van der Waals surface area (Å²) in [5.74, 6) is 0.659. The van der Waals surface area contributed by atoms with Gasteiger partial charge in [0.15, 0.2) is 11.6 Å². The molecule has 2 N–H and O–H groups in total. The number of halogens is 3. The van der Waals surface area contributed by atoms with Crippen LogP contribution in [0.1, 0.15) is 29.2 Å². The van der Waals surface area contributed by atoms with E-state index in [0.717, 1.165) is 10.0 Å². The molecule has 0 radical (unpaired) electrons. The smallest absolute Gasteiger partial charge is 0.252 e. The number of ether oxygens (including phenoxy) is 2. The summed E-state index contributed by atoms with van der Waals surface area (Å²) < 4.78 is 13.0. The fourth-order valence-electron chi connectivity index (χ4n) is 4.20. The number of aliphatic hydroxyl groups excluding tert-OH is 1. The van der Waals surface area contributed by atoms with Crippen LogP contribution >= 0.6 is 39.1 Å². The molecule has 0 fully saturated rings. The number of nitrogens with one attached hydrogen (secondary N) is 1. The van der Waals surface area contributed by atoms with Crippen molar-refractivity contribution >= 4 is 50.9 Å². The third kappa shape index (κ3) is 6.41. The molecule has 4 rings (SSSR count). The van der Waals surface area contributed by atoms with Crippen LogP contribution in [0.4, 0.5) is 0 Å². The molecule has 0 saturated carbocycles. The molecule has 1 aliphatic heterocycles. The Balaban J connectivity index is 1.79. The van der Waals surface area contributed by atoms with Crippen LogP contribution in [-0.4, -0.2) is 42.2 Å². The molecule has 0 bridgehead atoms. The molecule has 9 heteroatoms. The Morgan fingerprint density at radius 2 is 1.89 bits per heavy atom. The topological polar surface area (TPSA) is 80.2 Å². The van der Waals surface area contributed by atoms with E-state index in [4.69, 9.17) is 42.8 Å². The first kappa shape index (κ1) is 28.2. The van der Waals surface area contributed by atoms with Gasteiger partial charge < -0.3 is 19.9 Å². The zero-order chi connectivity index (χ0) is 27.1. The van der Waals surface area contributed by atoms with Crippen LogP contribution in [0.3, 0.4) is 0 Å². The van der Waals surface area contributed by atoms with Gasteiger partial charge in [-0.2, -0.15) is 0 Å². The number of aliphatic imine (C=N–C) groups is 1. The van der Waals surface area contributed by atoms with E-state index < -0.39 is 11.6 Å². The molecule has 0 spiro atoms. The summed E-state index contributed by atoms with van der Waals surface area (Å²) in [6.07, 6.45) is 1.60. The zero-order valence-corrected chi connectivity index (χ0v) is 23.6. The average Bonchev–Trinajstić information content (AvgIpc) is 3.29. The molecule has 1 aliphatic rings. The molecule has 1 heterocycles. The average molecular weight is 618 g/mol. The Labute approximate surface area is 240 Å². The molecule has 198 valence electrons. The van der Waals surface area contributed by atoms with Crippen LogP contribution in [0.15, 0.2) is 88.9 Å². The van der Waals surface area contributed by atoms with Crippen molar-refractivity contribution in [2.75, 3.05) is 19.8 Å². The maximum atomic E-state index is 13.9. The lowest BCUT2D eigenvalue weighted by molar-refractivity contribution is -0.128. The second-order valence-corrected chi connectivity index (χ2v) is 10.5. The number of nitrogens with zero attached hydrogens (tertiary/aromatic N) is 1. The summed E-state index contributed by atoms with van der Waals surface area (Å²) in [5, 5.41) is 12.8. The monoisotopic (exact) mass is 616 g/mol. The maximum absolute atomic E-state index is 13.9. The van der Waals surface area contributed by atoms with E-state index in [0.29, 0.717) is 45.8 Å². The normalized spacial score (nSPS) is 18.4. The lowest BCUT2D eigenvalue weighted by atomic mass is 9.82. The van der Waals surface area contributed by atoms with Gasteiger partial charge in [0.25, 0.3) is 5.91 Å². The Hall–Kier alpha value is -2.84. The molecule has 38 heavy (non-hydrogen) atoms. The maximum Gasteiger partial charge on any atom is 0.252 e. The van der Waals surface area contributed by atoms with Crippen molar-refractivity contribution in [3.8, 4) is 5.75 Å². The number of benzene rings is 3. The number of carbonyl (C=O) groups is 1. The molecule has 0 unspecified atom stereocenters. The van der Waals surface area contributed by atoms with Gasteiger partial charge in [0, 0.05) is 51.6 Å². The van der Waals surface area contributed by atoms with E-state index in [9.17, 15) is 4.79 Å². The van der Waals surface area contributed by atoms with Crippen molar-refractivity contribution in [2.45, 2.75) is 24.5 Å². The van der Waals surface area contributed by atoms with Crippen LogP contribution < -0.4 is 10.1 Å². The summed E-state index contributed by atoms with van der Waals surface area (Å²) in [6, 6.07) is 20.1. The second kappa shape index (κ2) is 12.8. The Bertz CT molecular complexity index is 1320. The minimum absolute atomic E-state index is 0.0613. The zero-order valence-electron chi connectivity index (χ0n) is 20.5. The predicted molar refractivity (Wildman–Crippen MR) is 154 cm³/mol. The van der Waals surface area contributed by atoms with Gasteiger partial charge in [-0.05, 0) is 54.1 Å². The standard InChI is InChI=1S/C29H27BrCl2N2O4/c1-2-14-33-28(36)29(18-19-4-8-21(30)9-5-19)26(24-13-10-22(31)17-25(24)32)38-27(34-29)20-6-11-23(12-7-20)37-16-3-15-35/h2,4-13,17,26,35H,1,3,14-16,18H2,(H,33,36)/t26-,29-/m1/s1. The number of hydrogen-bond acceptors (Lipinski definition) is 5. The first-order chi connectivity index (χ1) is 18.4. The summed E-state index contributed by atoms with van der Waals surface area (Å²) in [6.45, 7) is 4.46. The molecular weight excluding hydrogens is 591 g/mol. The summed E-state index contributed by atoms with van der Waals surface area (Å²) in [4.78, 5) is 18.8. The summed E-state index contributed by atoms with van der Waals surface area (Å²) >= 11 is 16.3. The first-order valence-electron chi connectivity index (χ1n) is 12.1. The Kier molecular flexibility index (Phi) is 9.49. The van der Waals surface area contributed by atoms with E-state index in [-0.39, 0.29) is 25.5 Å². The Morgan fingerprint density at radius 1 is 1.16 bits per heavy atom. The van der Waals surface area contributed by atoms with Gasteiger partial charge in [0.1, 0.15) is 5.75 Å². The first-order valence-corrected chi connectivity index (χ1v) is 13.6. The van der Waals surface area contributed by atoms with Gasteiger partial charge >= 0.3 is 0 Å². The Morgan fingerprint density at radius 3 is 2.55 bits per heavy atom. The molecule has 0 saturated heterocycles. The van der Waals surface area contributed by atoms with E-state index in [1.54, 1.807) is 36.4 Å². The fraction of sp³-hybridized carbons (Fsp3) is 0.241. The highest BCUT2D eigenvalue weighted by atomic mass is 79.9. The van der Waals surface area contributed by atoms with Gasteiger partial charge in [0.2, 0.25) is 5.90 Å². The molecule has 0 aliphatic carbocycles. The van der Waals surface area contributed by atoms with Crippen LogP contribution in [-0.2, 0) is 16.0 Å². The van der Waals surface area contributed by atoms with Crippen LogP contribution in [0.5, 0.6) is 5.75 Å². The van der Waals surface area contributed by atoms with Gasteiger partial charge in [-0.3, -0.25) is 4.79 Å². The van der Waals surface area contributed by atoms with Crippen molar-refractivity contribution in [1.82, 2.24) is 5.32 Å². The molecule has 2 atom stereocenters. The largest absolute Gasteiger partial charge is 0.494 e. The summed E-state index contributed by atoms with van der Waals surface area (Å²) in [5.41, 5.74) is 0.826. The number of amides is 1. The predicted octanol–water partition coefficient (Wildman–Crippen LogP) is 6.32. The third-order valence-electron chi connectivity index (χ3n) is 6.07. The van der Waals surface area contributed by atoms with Gasteiger partial charge in [-0.15, -0.1) is 6.58 Å². The third-order valence-corrected chi connectivity index (χ3v) is 7.16. The minimum Gasteiger partial charge on any atom is -0.494 e. The second-order valence-electron chi connectivity index (χ2n) is 8.76. The van der Waals surface area contributed by atoms with Crippen LogP contribution in [0.2, 0.25) is 10.0 Å². The highest BCUT2D eigenvalue weighted by molar-refractivity contribution is 9.10. The van der Waals surface area contributed by atoms with Gasteiger partial charge in [-0.1, -0.05) is 63.4 Å². The number of rotatable bonds is 11. The lowest BCUT2D eigenvalue weighted by Gasteiger charge is -2.31. The van der Waals surface area contributed by atoms with Crippen molar-refractivity contribution in [3.63, 3.8) is 0 Å². The van der Waals surface area contributed by atoms with E-state index in [2.05, 4.69) is 27.8 Å². The summed E-state index contributed by atoms with van der Waals surface area (Å²) in [7, 11) is 0. The molecular formula is C29H27BrCl2N2O4. The number of carbonyl (C=O) groups excluding carboxylic acids is 1. The highest BCUT2D eigenvalue weighted by Crippen LogP contribution is 2.45. The van der Waals surface area contributed by atoms with E-state index in [1.165, 1.54) is 0 Å². The van der Waals surface area contributed by atoms with E-state index in [1.807, 2.05) is 36.4 Å². The van der Waals surface area contributed by atoms with Gasteiger partial charge in [-0.25, -0.2) is 4.99 Å². The highest BCUT2D eigenvalue weighted by Gasteiger charge is 2.53. The van der Waals surface area contributed by atoms with Gasteiger partial charge in [0.05, 0.1) is 6.61 Å². The molecule has 1 amide bonds. The van der Waals surface area contributed by atoms with Crippen molar-refractivity contribution in [3.05, 3.63) is 111 Å². The van der Waals surface area contributed by atoms with Crippen molar-refractivity contribution in [1.29, 1.82) is 0 Å². The van der Waals surface area contributed by atoms with E-state index >= 15 is 0 Å². The van der Waals surface area contributed by atoms with Crippen molar-refractivity contribution in [2.24, 2.45) is 4.99 Å².